The Bertz CT molecular complexity index is 463. The van der Waals surface area contributed by atoms with Crippen molar-refractivity contribution in [1.29, 1.82) is 0 Å². The van der Waals surface area contributed by atoms with Crippen molar-refractivity contribution < 1.29 is 4.79 Å². The molecule has 0 heterocycles. The van der Waals surface area contributed by atoms with E-state index in [9.17, 15) is 4.79 Å². The fourth-order valence-electron chi connectivity index (χ4n) is 1.98. The van der Waals surface area contributed by atoms with Crippen LogP contribution in [-0.2, 0) is 11.3 Å². The summed E-state index contributed by atoms with van der Waals surface area (Å²) in [6, 6.07) is 6.18. The molecule has 1 rings (SSSR count). The normalized spacial score (nSPS) is 10.8. The molecule has 4 nitrogen and oxygen atoms in total. The average molecular weight is 356 g/mol. The molecule has 0 saturated carbocycles. The van der Waals surface area contributed by atoms with Gasteiger partial charge in [-0.05, 0) is 30.2 Å². The van der Waals surface area contributed by atoms with Crippen LogP contribution in [0, 0.1) is 5.92 Å². The van der Waals surface area contributed by atoms with Gasteiger partial charge in [-0.15, -0.1) is 0 Å². The highest BCUT2D eigenvalue weighted by Crippen LogP contribution is 2.24. The van der Waals surface area contributed by atoms with Crippen LogP contribution in [0.25, 0.3) is 0 Å². The number of carbonyl (C=O) groups is 1. The van der Waals surface area contributed by atoms with Crippen LogP contribution in [0.3, 0.4) is 0 Å². The van der Waals surface area contributed by atoms with E-state index in [2.05, 4.69) is 59.5 Å². The van der Waals surface area contributed by atoms with Crippen molar-refractivity contribution in [3.63, 3.8) is 0 Å². The lowest BCUT2D eigenvalue weighted by molar-refractivity contribution is -0.119. The number of benzene rings is 1. The standard InChI is InChI=1S/C16H26BrN3O/c1-5-18-10-13-6-7-14(17)8-15(13)20(4)11-16(21)19-9-12(2)3/h6-8,12,18H,5,9-11H2,1-4H3,(H,19,21). The zero-order valence-electron chi connectivity index (χ0n) is 13.4. The van der Waals surface area contributed by atoms with Gasteiger partial charge in [0, 0.05) is 30.3 Å². The summed E-state index contributed by atoms with van der Waals surface area (Å²) in [4.78, 5) is 14.0. The predicted octanol–water partition coefficient (Wildman–Crippen LogP) is 2.77. The fraction of sp³-hybridized carbons (Fsp3) is 0.562. The zero-order valence-corrected chi connectivity index (χ0v) is 15.0. The van der Waals surface area contributed by atoms with Gasteiger partial charge in [0.25, 0.3) is 0 Å². The van der Waals surface area contributed by atoms with Crippen LogP contribution in [0.5, 0.6) is 0 Å². The number of amides is 1. The molecule has 0 radical (unpaired) electrons. The topological polar surface area (TPSA) is 44.4 Å². The number of nitrogens with zero attached hydrogens (tertiary/aromatic N) is 1. The Hall–Kier alpha value is -1.07. The van der Waals surface area contributed by atoms with Gasteiger partial charge in [0.15, 0.2) is 0 Å². The second-order valence-corrected chi connectivity index (χ2v) is 6.52. The third-order valence-corrected chi connectivity index (χ3v) is 3.61. The van der Waals surface area contributed by atoms with Crippen LogP contribution in [0.1, 0.15) is 26.3 Å². The molecule has 0 saturated heterocycles. The number of hydrogen-bond acceptors (Lipinski definition) is 3. The van der Waals surface area contributed by atoms with Crippen LogP contribution >= 0.6 is 15.9 Å². The number of nitrogens with one attached hydrogen (secondary N) is 2. The second kappa shape index (κ2) is 9.05. The number of carbonyl (C=O) groups excluding carboxylic acids is 1. The Morgan fingerprint density at radius 2 is 2.10 bits per heavy atom. The maximum atomic E-state index is 12.0. The summed E-state index contributed by atoms with van der Waals surface area (Å²) in [7, 11) is 1.95. The smallest absolute Gasteiger partial charge is 0.239 e. The van der Waals surface area contributed by atoms with Gasteiger partial charge in [-0.25, -0.2) is 0 Å². The van der Waals surface area contributed by atoms with E-state index in [1.165, 1.54) is 5.56 Å². The van der Waals surface area contributed by atoms with E-state index >= 15 is 0 Å². The first kappa shape index (κ1) is 18.0. The Kier molecular flexibility index (Phi) is 7.75. The van der Waals surface area contributed by atoms with Gasteiger partial charge < -0.3 is 15.5 Å². The van der Waals surface area contributed by atoms with Crippen molar-refractivity contribution in [2.75, 3.05) is 31.6 Å². The number of rotatable bonds is 8. The summed E-state index contributed by atoms with van der Waals surface area (Å²) < 4.78 is 1.02. The first-order valence-electron chi connectivity index (χ1n) is 7.41. The monoisotopic (exact) mass is 355 g/mol. The minimum Gasteiger partial charge on any atom is -0.365 e. The van der Waals surface area contributed by atoms with Crippen molar-refractivity contribution in [3.8, 4) is 0 Å². The molecule has 0 unspecified atom stereocenters. The third-order valence-electron chi connectivity index (χ3n) is 3.11. The molecule has 0 bridgehead atoms. The molecule has 2 N–H and O–H groups in total. The highest BCUT2D eigenvalue weighted by Gasteiger charge is 2.12. The molecule has 0 aromatic heterocycles. The Morgan fingerprint density at radius 3 is 2.71 bits per heavy atom. The molecule has 0 aliphatic rings. The van der Waals surface area contributed by atoms with Gasteiger partial charge in [0.05, 0.1) is 6.54 Å². The maximum Gasteiger partial charge on any atom is 0.239 e. The van der Waals surface area contributed by atoms with E-state index in [1.807, 2.05) is 18.0 Å². The molecule has 0 aliphatic carbocycles. The molecule has 118 valence electrons. The number of anilines is 1. The molecule has 21 heavy (non-hydrogen) atoms. The van der Waals surface area contributed by atoms with Crippen molar-refractivity contribution in [2.24, 2.45) is 5.92 Å². The van der Waals surface area contributed by atoms with Crippen LogP contribution in [0.4, 0.5) is 5.69 Å². The van der Waals surface area contributed by atoms with E-state index in [1.54, 1.807) is 0 Å². The SMILES string of the molecule is CCNCc1ccc(Br)cc1N(C)CC(=O)NCC(C)C. The Balaban J connectivity index is 2.73. The first-order chi connectivity index (χ1) is 9.93. The van der Waals surface area contributed by atoms with Gasteiger partial charge in [-0.1, -0.05) is 42.8 Å². The average Bonchev–Trinajstić information content (AvgIpc) is 2.43. The maximum absolute atomic E-state index is 12.0. The van der Waals surface area contributed by atoms with Crippen LogP contribution in [-0.4, -0.2) is 32.6 Å². The van der Waals surface area contributed by atoms with Gasteiger partial charge in [-0.3, -0.25) is 4.79 Å². The molecule has 5 heteroatoms. The fourth-order valence-corrected chi connectivity index (χ4v) is 2.32. The first-order valence-corrected chi connectivity index (χ1v) is 8.20. The molecule has 0 spiro atoms. The number of halogens is 1. The van der Waals surface area contributed by atoms with Crippen LogP contribution in [0.15, 0.2) is 22.7 Å². The van der Waals surface area contributed by atoms with Gasteiger partial charge >= 0.3 is 0 Å². The van der Waals surface area contributed by atoms with E-state index in [0.717, 1.165) is 29.8 Å². The number of likely N-dealkylation sites (N-methyl/N-ethyl adjacent to an activating group) is 1. The van der Waals surface area contributed by atoms with Crippen molar-refractivity contribution in [3.05, 3.63) is 28.2 Å². The summed E-state index contributed by atoms with van der Waals surface area (Å²) in [5.41, 5.74) is 2.27. The summed E-state index contributed by atoms with van der Waals surface area (Å²) in [6.07, 6.45) is 0. The molecule has 0 aliphatic heterocycles. The van der Waals surface area contributed by atoms with Gasteiger partial charge in [0.1, 0.15) is 0 Å². The third kappa shape index (κ3) is 6.48. The van der Waals surface area contributed by atoms with E-state index in [-0.39, 0.29) is 5.91 Å². The lowest BCUT2D eigenvalue weighted by atomic mass is 10.1. The van der Waals surface area contributed by atoms with Crippen molar-refractivity contribution >= 4 is 27.5 Å². The largest absolute Gasteiger partial charge is 0.365 e. The van der Waals surface area contributed by atoms with Crippen molar-refractivity contribution in [1.82, 2.24) is 10.6 Å². The highest BCUT2D eigenvalue weighted by atomic mass is 79.9. The number of hydrogen-bond donors (Lipinski definition) is 2. The quantitative estimate of drug-likeness (QED) is 0.753. The Morgan fingerprint density at radius 1 is 1.38 bits per heavy atom. The van der Waals surface area contributed by atoms with E-state index < -0.39 is 0 Å². The predicted molar refractivity (Wildman–Crippen MR) is 92.6 cm³/mol. The molecular formula is C16H26BrN3O. The van der Waals surface area contributed by atoms with Crippen LogP contribution < -0.4 is 15.5 Å². The summed E-state index contributed by atoms with van der Waals surface area (Å²) in [6.45, 7) is 9.07. The molecule has 0 atom stereocenters. The molecule has 1 aromatic rings. The van der Waals surface area contributed by atoms with E-state index in [4.69, 9.17) is 0 Å². The minimum atomic E-state index is 0.0561. The summed E-state index contributed by atoms with van der Waals surface area (Å²) >= 11 is 3.50. The minimum absolute atomic E-state index is 0.0561. The second-order valence-electron chi connectivity index (χ2n) is 5.61. The lowest BCUT2D eigenvalue weighted by Gasteiger charge is -2.23. The zero-order chi connectivity index (χ0) is 15.8. The molecular weight excluding hydrogens is 330 g/mol. The van der Waals surface area contributed by atoms with Gasteiger partial charge in [0.2, 0.25) is 5.91 Å². The van der Waals surface area contributed by atoms with E-state index in [0.29, 0.717) is 12.5 Å². The van der Waals surface area contributed by atoms with Crippen LogP contribution in [0.2, 0.25) is 0 Å². The van der Waals surface area contributed by atoms with Gasteiger partial charge in [-0.2, -0.15) is 0 Å². The summed E-state index contributed by atoms with van der Waals surface area (Å²) in [5, 5.41) is 6.28. The van der Waals surface area contributed by atoms with Crippen molar-refractivity contribution in [2.45, 2.75) is 27.3 Å². The molecule has 1 amide bonds. The Labute approximate surface area is 136 Å². The highest BCUT2D eigenvalue weighted by molar-refractivity contribution is 9.10. The molecule has 0 fully saturated rings. The lowest BCUT2D eigenvalue weighted by Crippen LogP contribution is -2.37. The summed E-state index contributed by atoms with van der Waals surface area (Å²) in [5.74, 6) is 0.523. The molecule has 1 aromatic carbocycles.